The summed E-state index contributed by atoms with van der Waals surface area (Å²) < 4.78 is 13.6. The maximum atomic E-state index is 13.6. The number of carbonyl (C=O) groups is 1. The fourth-order valence-corrected chi connectivity index (χ4v) is 2.91. The minimum absolute atomic E-state index is 0.0474. The van der Waals surface area contributed by atoms with Gasteiger partial charge in [0.05, 0.1) is 5.41 Å². The highest BCUT2D eigenvalue weighted by Gasteiger charge is 2.35. The Bertz CT molecular complexity index is 852. The molecule has 118 valence electrons. The zero-order chi connectivity index (χ0) is 16.6. The normalized spacial score (nSPS) is 11.7. The molecule has 1 amide bonds. The number of nitrogens with zero attached hydrogens (tertiary/aromatic N) is 1. The number of nitrogens with one attached hydrogen (secondary N) is 1. The van der Waals surface area contributed by atoms with E-state index in [-0.39, 0.29) is 11.7 Å². The first-order valence-electron chi connectivity index (χ1n) is 7.51. The van der Waals surface area contributed by atoms with E-state index in [0.29, 0.717) is 0 Å². The molecule has 3 nitrogen and oxygen atoms in total. The molecule has 4 heteroatoms. The van der Waals surface area contributed by atoms with Crippen LogP contribution in [0.15, 0.2) is 54.7 Å². The molecule has 1 N–H and O–H groups in total. The van der Waals surface area contributed by atoms with Gasteiger partial charge in [0.15, 0.2) is 0 Å². The van der Waals surface area contributed by atoms with Gasteiger partial charge >= 0.3 is 0 Å². The quantitative estimate of drug-likeness (QED) is 0.771. The van der Waals surface area contributed by atoms with Crippen molar-refractivity contribution >= 4 is 22.5 Å². The van der Waals surface area contributed by atoms with Crippen LogP contribution in [0.25, 0.3) is 10.9 Å². The van der Waals surface area contributed by atoms with Crippen LogP contribution in [0, 0.1) is 5.82 Å². The number of anilines is 1. The van der Waals surface area contributed by atoms with E-state index in [1.54, 1.807) is 24.2 Å². The Morgan fingerprint density at radius 3 is 2.52 bits per heavy atom. The summed E-state index contributed by atoms with van der Waals surface area (Å²) in [6, 6.07) is 14.1. The molecule has 0 bridgehead atoms. The number of halogens is 1. The van der Waals surface area contributed by atoms with Crippen molar-refractivity contribution in [3.05, 3.63) is 66.1 Å². The minimum Gasteiger partial charge on any atom is -0.361 e. The Morgan fingerprint density at radius 1 is 1.13 bits per heavy atom. The highest BCUT2D eigenvalue weighted by molar-refractivity contribution is 6.03. The van der Waals surface area contributed by atoms with Gasteiger partial charge in [0.25, 0.3) is 0 Å². The first-order valence-corrected chi connectivity index (χ1v) is 7.51. The molecule has 23 heavy (non-hydrogen) atoms. The molecule has 3 aromatic rings. The summed E-state index contributed by atoms with van der Waals surface area (Å²) in [5.74, 6) is -0.355. The molecule has 0 saturated heterocycles. The zero-order valence-corrected chi connectivity index (χ0v) is 13.4. The van der Waals surface area contributed by atoms with Crippen molar-refractivity contribution in [3.63, 3.8) is 0 Å². The monoisotopic (exact) mass is 310 g/mol. The van der Waals surface area contributed by atoms with Gasteiger partial charge in [-0.3, -0.25) is 4.79 Å². The highest BCUT2D eigenvalue weighted by atomic mass is 19.1. The molecule has 0 unspecified atom stereocenters. The number of aromatic nitrogens is 1. The van der Waals surface area contributed by atoms with Crippen molar-refractivity contribution in [2.75, 3.05) is 11.9 Å². The van der Waals surface area contributed by atoms with Gasteiger partial charge in [-0.15, -0.1) is 0 Å². The SMILES string of the molecule is CN(C(=O)C(C)(C)c1c[nH]c2ccc(F)cc12)c1ccccc1. The molecule has 0 fully saturated rings. The van der Waals surface area contributed by atoms with E-state index < -0.39 is 5.41 Å². The van der Waals surface area contributed by atoms with Crippen LogP contribution >= 0.6 is 0 Å². The third-order valence-electron chi connectivity index (χ3n) is 4.30. The fourth-order valence-electron chi connectivity index (χ4n) is 2.91. The number of fused-ring (bicyclic) bond motifs is 1. The summed E-state index contributed by atoms with van der Waals surface area (Å²) in [5.41, 5.74) is 1.66. The summed E-state index contributed by atoms with van der Waals surface area (Å²) in [6.45, 7) is 3.73. The van der Waals surface area contributed by atoms with Crippen molar-refractivity contribution in [3.8, 4) is 0 Å². The standard InChI is InChI=1S/C19H19FN2O/c1-19(2,18(23)22(3)14-7-5-4-6-8-14)16-12-21-17-10-9-13(20)11-15(16)17/h4-12,21H,1-3H3. The van der Waals surface area contributed by atoms with E-state index in [0.717, 1.165) is 22.2 Å². The number of hydrogen-bond donors (Lipinski definition) is 1. The molecule has 0 atom stereocenters. The molecule has 0 aliphatic heterocycles. The number of para-hydroxylation sites is 1. The maximum Gasteiger partial charge on any atom is 0.236 e. The van der Waals surface area contributed by atoms with Gasteiger partial charge in [-0.25, -0.2) is 4.39 Å². The summed E-state index contributed by atoms with van der Waals surface area (Å²) in [6.07, 6.45) is 1.79. The van der Waals surface area contributed by atoms with Crippen LogP contribution in [0.3, 0.4) is 0 Å². The van der Waals surface area contributed by atoms with Crippen molar-refractivity contribution < 1.29 is 9.18 Å². The van der Waals surface area contributed by atoms with Crippen LogP contribution in [0.4, 0.5) is 10.1 Å². The van der Waals surface area contributed by atoms with Gasteiger partial charge in [-0.1, -0.05) is 18.2 Å². The van der Waals surface area contributed by atoms with Crippen LogP contribution in [0.5, 0.6) is 0 Å². The van der Waals surface area contributed by atoms with E-state index in [2.05, 4.69) is 4.98 Å². The molecule has 2 aromatic carbocycles. The molecule has 0 aliphatic carbocycles. The lowest BCUT2D eigenvalue weighted by molar-refractivity contribution is -0.122. The Labute approximate surface area is 134 Å². The Hall–Kier alpha value is -2.62. The summed E-state index contributed by atoms with van der Waals surface area (Å²) in [4.78, 5) is 17.8. The molecule has 0 saturated carbocycles. The number of amides is 1. The maximum absolute atomic E-state index is 13.6. The Morgan fingerprint density at radius 2 is 1.83 bits per heavy atom. The second-order valence-corrected chi connectivity index (χ2v) is 6.22. The van der Waals surface area contributed by atoms with Gasteiger partial charge in [0, 0.05) is 29.8 Å². The molecular formula is C19H19FN2O. The minimum atomic E-state index is -0.781. The molecule has 1 heterocycles. The lowest BCUT2D eigenvalue weighted by Crippen LogP contribution is -2.41. The van der Waals surface area contributed by atoms with Crippen molar-refractivity contribution in [1.82, 2.24) is 4.98 Å². The topological polar surface area (TPSA) is 36.1 Å². The largest absolute Gasteiger partial charge is 0.361 e. The van der Waals surface area contributed by atoms with Gasteiger partial charge in [0.2, 0.25) is 5.91 Å². The number of rotatable bonds is 3. The first-order chi connectivity index (χ1) is 10.9. The number of aromatic amines is 1. The zero-order valence-electron chi connectivity index (χ0n) is 13.4. The molecule has 0 spiro atoms. The fraction of sp³-hybridized carbons (Fsp3) is 0.211. The Balaban J connectivity index is 2.02. The van der Waals surface area contributed by atoms with E-state index in [4.69, 9.17) is 0 Å². The highest BCUT2D eigenvalue weighted by Crippen LogP contribution is 2.33. The summed E-state index contributed by atoms with van der Waals surface area (Å²) in [5, 5.41) is 0.741. The third kappa shape index (κ3) is 2.61. The van der Waals surface area contributed by atoms with Crippen molar-refractivity contribution in [1.29, 1.82) is 0 Å². The van der Waals surface area contributed by atoms with Crippen LogP contribution < -0.4 is 4.90 Å². The number of H-pyrrole nitrogens is 1. The molecule has 0 radical (unpaired) electrons. The van der Waals surface area contributed by atoms with Crippen LogP contribution in [-0.2, 0) is 10.2 Å². The van der Waals surface area contributed by atoms with E-state index in [1.165, 1.54) is 12.1 Å². The molecular weight excluding hydrogens is 291 g/mol. The molecule has 0 aliphatic rings. The predicted octanol–water partition coefficient (Wildman–Crippen LogP) is 4.25. The number of benzene rings is 2. The lowest BCUT2D eigenvalue weighted by Gasteiger charge is -2.29. The number of carbonyl (C=O) groups excluding carboxylic acids is 1. The number of likely N-dealkylation sites (N-methyl/N-ethyl adjacent to an activating group) is 1. The summed E-state index contributed by atoms with van der Waals surface area (Å²) >= 11 is 0. The van der Waals surface area contributed by atoms with E-state index in [1.807, 2.05) is 44.2 Å². The van der Waals surface area contributed by atoms with Crippen LogP contribution in [0.2, 0.25) is 0 Å². The van der Waals surface area contributed by atoms with Gasteiger partial charge in [-0.05, 0) is 49.7 Å². The van der Waals surface area contributed by atoms with Crippen molar-refractivity contribution in [2.45, 2.75) is 19.3 Å². The number of hydrogen-bond acceptors (Lipinski definition) is 1. The van der Waals surface area contributed by atoms with Gasteiger partial charge in [0.1, 0.15) is 5.82 Å². The second-order valence-electron chi connectivity index (χ2n) is 6.22. The molecule has 3 rings (SSSR count). The summed E-state index contributed by atoms with van der Waals surface area (Å²) in [7, 11) is 1.76. The average Bonchev–Trinajstić information content (AvgIpc) is 2.98. The van der Waals surface area contributed by atoms with Crippen molar-refractivity contribution in [2.24, 2.45) is 0 Å². The first kappa shape index (κ1) is 15.3. The second kappa shape index (κ2) is 5.54. The van der Waals surface area contributed by atoms with E-state index in [9.17, 15) is 9.18 Å². The molecule has 1 aromatic heterocycles. The van der Waals surface area contributed by atoms with Crippen LogP contribution in [-0.4, -0.2) is 17.9 Å². The third-order valence-corrected chi connectivity index (χ3v) is 4.30. The Kier molecular flexibility index (Phi) is 3.68. The predicted molar refractivity (Wildman–Crippen MR) is 91.1 cm³/mol. The van der Waals surface area contributed by atoms with Gasteiger partial charge < -0.3 is 9.88 Å². The lowest BCUT2D eigenvalue weighted by atomic mass is 9.83. The van der Waals surface area contributed by atoms with Gasteiger partial charge in [-0.2, -0.15) is 0 Å². The average molecular weight is 310 g/mol. The smallest absolute Gasteiger partial charge is 0.236 e. The van der Waals surface area contributed by atoms with E-state index >= 15 is 0 Å². The van der Waals surface area contributed by atoms with Crippen LogP contribution in [0.1, 0.15) is 19.4 Å².